The topological polar surface area (TPSA) is 58.4 Å². The number of aromatic nitrogens is 1. The number of benzene rings is 1. The third-order valence-electron chi connectivity index (χ3n) is 6.83. The fourth-order valence-corrected chi connectivity index (χ4v) is 6.00. The number of nitrogens with zero attached hydrogens (tertiary/aromatic N) is 2. The average Bonchev–Trinajstić information content (AvgIpc) is 3.19. The number of fused-ring (bicyclic) bond motifs is 3. The minimum atomic E-state index is -0.121. The van der Waals surface area contributed by atoms with Crippen molar-refractivity contribution < 1.29 is 10.6 Å². The molecular formula is C25H27N3O2S. The van der Waals surface area contributed by atoms with Gasteiger partial charge >= 0.3 is 0 Å². The number of rotatable bonds is 5. The van der Waals surface area contributed by atoms with E-state index in [4.69, 9.17) is 9.40 Å². The Kier molecular flexibility index (Phi) is 4.49. The van der Waals surface area contributed by atoms with Crippen LogP contribution in [0.15, 0.2) is 46.9 Å². The Balaban J connectivity index is 0.00000216. The lowest BCUT2D eigenvalue weighted by atomic mass is 10.1. The molecule has 1 aromatic carbocycles. The fraction of sp³-hybridized carbons (Fsp3) is 0.360. The predicted molar refractivity (Wildman–Crippen MR) is 127 cm³/mol. The summed E-state index contributed by atoms with van der Waals surface area (Å²) in [5.74, 6) is 3.60. The largest absolute Gasteiger partial charge is 0.451 e. The number of amides is 1. The van der Waals surface area contributed by atoms with Crippen LogP contribution in [0, 0.1) is 23.7 Å². The molecule has 3 aliphatic rings. The van der Waals surface area contributed by atoms with Crippen LogP contribution < -0.4 is 10.2 Å². The molecule has 1 N–H and O–H groups in total. The van der Waals surface area contributed by atoms with E-state index in [1.54, 1.807) is 11.3 Å². The third-order valence-corrected chi connectivity index (χ3v) is 7.93. The summed E-state index contributed by atoms with van der Waals surface area (Å²) in [7, 11) is 0. The molecule has 2 aliphatic carbocycles. The molecule has 1 amide bonds. The van der Waals surface area contributed by atoms with Crippen LogP contribution in [0.1, 0.15) is 36.6 Å². The first-order chi connectivity index (χ1) is 15.2. The summed E-state index contributed by atoms with van der Waals surface area (Å²) in [6.07, 6.45) is 9.22. The summed E-state index contributed by atoms with van der Waals surface area (Å²) in [5, 5.41) is 4.20. The number of hydrogen-bond donors (Lipinski definition) is 1. The van der Waals surface area contributed by atoms with E-state index in [0.717, 1.165) is 53.3 Å². The van der Waals surface area contributed by atoms with Crippen molar-refractivity contribution in [2.24, 2.45) is 23.7 Å². The Morgan fingerprint density at radius 1 is 1.26 bits per heavy atom. The molecule has 160 valence electrons. The Morgan fingerprint density at radius 3 is 2.90 bits per heavy atom. The van der Waals surface area contributed by atoms with Gasteiger partial charge in [0.05, 0.1) is 10.2 Å². The van der Waals surface area contributed by atoms with Crippen molar-refractivity contribution in [3.8, 4) is 0 Å². The van der Waals surface area contributed by atoms with E-state index in [2.05, 4.69) is 47.5 Å². The Labute approximate surface area is 186 Å². The standard InChI is InChI=1S/C25H25N3O2S.H2/c1-15-6-8-16-12-22(30-21(16)9-7-15)24(29)26-11-10-17-18-13-28(14-19(17)18)25-27-20-4-2-3-5-23(20)31-25;/h2-9,12,15,17-19H,10-11,13-14H2,1H3,(H,26,29);1H/t15?,17?,18-,19+;. The number of furan rings is 1. The van der Waals surface area contributed by atoms with E-state index in [-0.39, 0.29) is 7.33 Å². The molecule has 3 aromatic rings. The Hall–Kier alpha value is -2.86. The second-order valence-corrected chi connectivity index (χ2v) is 9.92. The highest BCUT2D eigenvalue weighted by molar-refractivity contribution is 7.22. The quantitative estimate of drug-likeness (QED) is 0.592. The maximum Gasteiger partial charge on any atom is 0.287 e. The molecule has 4 atom stereocenters. The zero-order valence-electron chi connectivity index (χ0n) is 17.5. The summed E-state index contributed by atoms with van der Waals surface area (Å²) in [6.45, 7) is 5.00. The number of nitrogens with one attached hydrogen (secondary N) is 1. The number of carbonyl (C=O) groups excluding carboxylic acids is 1. The minimum absolute atomic E-state index is 0. The van der Waals surface area contributed by atoms with Crippen molar-refractivity contribution in [2.75, 3.05) is 24.5 Å². The van der Waals surface area contributed by atoms with Crippen molar-refractivity contribution in [3.05, 3.63) is 59.6 Å². The number of allylic oxidation sites excluding steroid dienone is 2. The van der Waals surface area contributed by atoms with Gasteiger partial charge in [0.2, 0.25) is 0 Å². The molecule has 5 nitrogen and oxygen atoms in total. The van der Waals surface area contributed by atoms with Crippen LogP contribution in [0.4, 0.5) is 5.13 Å². The molecule has 0 bridgehead atoms. The van der Waals surface area contributed by atoms with Gasteiger partial charge < -0.3 is 14.6 Å². The summed E-state index contributed by atoms with van der Waals surface area (Å²) in [6, 6.07) is 10.2. The Morgan fingerprint density at radius 2 is 2.06 bits per heavy atom. The van der Waals surface area contributed by atoms with Crippen molar-refractivity contribution >= 4 is 44.7 Å². The van der Waals surface area contributed by atoms with Gasteiger partial charge in [-0.15, -0.1) is 0 Å². The number of thiazole rings is 1. The van der Waals surface area contributed by atoms with Gasteiger partial charge in [-0.3, -0.25) is 4.79 Å². The first-order valence-corrected chi connectivity index (χ1v) is 11.9. The van der Waals surface area contributed by atoms with Crippen molar-refractivity contribution in [1.82, 2.24) is 10.3 Å². The lowest BCUT2D eigenvalue weighted by Crippen LogP contribution is -2.27. The molecule has 3 heterocycles. The van der Waals surface area contributed by atoms with Gasteiger partial charge in [-0.2, -0.15) is 0 Å². The molecule has 6 heteroatoms. The highest BCUT2D eigenvalue weighted by atomic mass is 32.1. The smallest absolute Gasteiger partial charge is 0.287 e. The highest BCUT2D eigenvalue weighted by Crippen LogP contribution is 2.54. The predicted octanol–water partition coefficient (Wildman–Crippen LogP) is 5.31. The zero-order valence-corrected chi connectivity index (χ0v) is 18.3. The van der Waals surface area contributed by atoms with E-state index in [0.29, 0.717) is 24.1 Å². The maximum absolute atomic E-state index is 12.5. The summed E-state index contributed by atoms with van der Waals surface area (Å²) in [5.41, 5.74) is 2.07. The van der Waals surface area contributed by atoms with Gasteiger partial charge in [0, 0.05) is 26.6 Å². The van der Waals surface area contributed by atoms with E-state index in [1.165, 1.54) is 4.70 Å². The molecule has 31 heavy (non-hydrogen) atoms. The number of piperidine rings is 1. The molecule has 0 spiro atoms. The molecule has 2 fully saturated rings. The van der Waals surface area contributed by atoms with Gasteiger partial charge in [-0.05, 0) is 54.4 Å². The van der Waals surface area contributed by atoms with Crippen LogP contribution in [-0.2, 0) is 0 Å². The van der Waals surface area contributed by atoms with E-state index in [9.17, 15) is 4.79 Å². The van der Waals surface area contributed by atoms with Gasteiger partial charge in [0.1, 0.15) is 5.76 Å². The maximum atomic E-state index is 12.5. The highest BCUT2D eigenvalue weighted by Gasteiger charge is 2.55. The lowest BCUT2D eigenvalue weighted by molar-refractivity contribution is 0.0924. The molecule has 2 unspecified atom stereocenters. The lowest BCUT2D eigenvalue weighted by Gasteiger charge is -2.18. The molecule has 1 aliphatic heterocycles. The van der Waals surface area contributed by atoms with Gasteiger partial charge in [0.15, 0.2) is 10.9 Å². The van der Waals surface area contributed by atoms with Crippen molar-refractivity contribution in [2.45, 2.75) is 13.3 Å². The van der Waals surface area contributed by atoms with Crippen LogP contribution >= 0.6 is 11.3 Å². The number of carbonyl (C=O) groups is 1. The molecule has 1 saturated carbocycles. The first-order valence-electron chi connectivity index (χ1n) is 11.0. The molecule has 2 aromatic heterocycles. The number of para-hydroxylation sites is 1. The zero-order chi connectivity index (χ0) is 20.9. The summed E-state index contributed by atoms with van der Waals surface area (Å²) < 4.78 is 7.03. The first kappa shape index (κ1) is 18.9. The summed E-state index contributed by atoms with van der Waals surface area (Å²) >= 11 is 1.79. The summed E-state index contributed by atoms with van der Waals surface area (Å²) in [4.78, 5) is 19.8. The second-order valence-electron chi connectivity index (χ2n) is 8.91. The number of anilines is 1. The minimum Gasteiger partial charge on any atom is -0.451 e. The van der Waals surface area contributed by atoms with Crippen LogP contribution in [0.25, 0.3) is 22.4 Å². The van der Waals surface area contributed by atoms with E-state index in [1.807, 2.05) is 24.3 Å². The van der Waals surface area contributed by atoms with Crippen LogP contribution in [-0.4, -0.2) is 30.5 Å². The van der Waals surface area contributed by atoms with E-state index >= 15 is 0 Å². The molecule has 6 rings (SSSR count). The molecule has 0 radical (unpaired) electrons. The van der Waals surface area contributed by atoms with Crippen LogP contribution in [0.3, 0.4) is 0 Å². The normalized spacial score (nSPS) is 26.0. The van der Waals surface area contributed by atoms with Crippen molar-refractivity contribution in [3.63, 3.8) is 0 Å². The van der Waals surface area contributed by atoms with Gasteiger partial charge in [-0.25, -0.2) is 4.98 Å². The van der Waals surface area contributed by atoms with Crippen molar-refractivity contribution in [1.29, 1.82) is 0 Å². The average molecular weight is 434 g/mol. The van der Waals surface area contributed by atoms with E-state index < -0.39 is 0 Å². The van der Waals surface area contributed by atoms with Gasteiger partial charge in [0.25, 0.3) is 5.91 Å². The Bertz CT molecular complexity index is 1140. The third kappa shape index (κ3) is 3.49. The monoisotopic (exact) mass is 433 g/mol. The van der Waals surface area contributed by atoms with Crippen LogP contribution in [0.2, 0.25) is 0 Å². The fourth-order valence-electron chi connectivity index (χ4n) is 5.02. The second kappa shape index (κ2) is 7.38. The number of hydrogen-bond acceptors (Lipinski definition) is 5. The van der Waals surface area contributed by atoms with Crippen LogP contribution in [0.5, 0.6) is 0 Å². The van der Waals surface area contributed by atoms with Gasteiger partial charge in [-0.1, -0.05) is 48.6 Å². The SMILES string of the molecule is CC1C=Cc2cc(C(=O)NCCC3[C@H]4CN(c5nc6ccccc6s5)C[C@@H]34)oc2C=C1.[HH]. The molecule has 1 saturated heterocycles. The molecular weight excluding hydrogens is 406 g/mol.